The van der Waals surface area contributed by atoms with Gasteiger partial charge in [0.2, 0.25) is 0 Å². The molecule has 27 heavy (non-hydrogen) atoms. The molecule has 4 nitrogen and oxygen atoms in total. The molecule has 0 saturated carbocycles. The highest BCUT2D eigenvalue weighted by molar-refractivity contribution is 5.84. The van der Waals surface area contributed by atoms with Crippen molar-refractivity contribution in [2.24, 2.45) is 11.8 Å². The molecule has 2 aromatic rings. The van der Waals surface area contributed by atoms with Crippen LogP contribution in [0, 0.1) is 24.2 Å². The molecule has 0 N–H and O–H groups in total. The Labute approximate surface area is 161 Å². The first-order valence-corrected chi connectivity index (χ1v) is 9.59. The van der Waals surface area contributed by atoms with Gasteiger partial charge in [-0.25, -0.2) is 0 Å². The van der Waals surface area contributed by atoms with Gasteiger partial charge in [-0.3, -0.25) is 9.88 Å². The van der Waals surface area contributed by atoms with Crippen molar-refractivity contribution in [1.29, 1.82) is 0 Å². The summed E-state index contributed by atoms with van der Waals surface area (Å²) in [6, 6.07) is 8.38. The highest BCUT2D eigenvalue weighted by atomic mass is 16.5. The lowest BCUT2D eigenvalue weighted by molar-refractivity contribution is -0.0673. The van der Waals surface area contributed by atoms with Crippen LogP contribution in [0.15, 0.2) is 43.1 Å². The van der Waals surface area contributed by atoms with Crippen LogP contribution in [0.2, 0.25) is 0 Å². The van der Waals surface area contributed by atoms with Gasteiger partial charge in [0.15, 0.2) is 0 Å². The van der Waals surface area contributed by atoms with Crippen molar-refractivity contribution >= 4 is 10.9 Å². The van der Waals surface area contributed by atoms with E-state index in [-0.39, 0.29) is 6.10 Å². The molecule has 1 aromatic heterocycles. The quantitative estimate of drug-likeness (QED) is 0.578. The standard InChI is InChI=1S/C23H26N2O2/c1-4-12-27-23(22-13-17-9-11-25(22)15-16(17)5-2)19-8-10-24-21-7-6-18(26-3)14-20(19)21/h1,5-8,10,14,16-17,22-23H,2,9,11-13,15H2,3H3/t16-,17-,22+,23-/m0/s1. The number of benzene rings is 1. The van der Waals surface area contributed by atoms with Gasteiger partial charge in [-0.1, -0.05) is 12.0 Å². The molecule has 0 aliphatic carbocycles. The third-order valence-corrected chi connectivity index (χ3v) is 6.14. The number of rotatable bonds is 6. The van der Waals surface area contributed by atoms with E-state index in [0.29, 0.717) is 24.5 Å². The first-order chi connectivity index (χ1) is 13.2. The molecule has 5 atom stereocenters. The van der Waals surface area contributed by atoms with Crippen LogP contribution in [0.25, 0.3) is 10.9 Å². The number of fused-ring (bicyclic) bond motifs is 4. The van der Waals surface area contributed by atoms with Gasteiger partial charge in [0, 0.05) is 24.2 Å². The average Bonchev–Trinajstić information content (AvgIpc) is 2.74. The highest BCUT2D eigenvalue weighted by Crippen LogP contribution is 2.43. The number of hydrogen-bond donors (Lipinski definition) is 0. The van der Waals surface area contributed by atoms with Gasteiger partial charge in [0.1, 0.15) is 12.4 Å². The Morgan fingerprint density at radius 1 is 1.44 bits per heavy atom. The lowest BCUT2D eigenvalue weighted by atomic mass is 9.73. The fourth-order valence-corrected chi connectivity index (χ4v) is 4.76. The largest absolute Gasteiger partial charge is 0.497 e. The Bertz CT molecular complexity index is 872. The van der Waals surface area contributed by atoms with E-state index in [9.17, 15) is 0 Å². The van der Waals surface area contributed by atoms with E-state index in [1.54, 1.807) is 7.11 Å². The van der Waals surface area contributed by atoms with Crippen LogP contribution in [0.4, 0.5) is 0 Å². The molecule has 0 radical (unpaired) electrons. The summed E-state index contributed by atoms with van der Waals surface area (Å²) in [5.74, 6) is 4.73. The minimum Gasteiger partial charge on any atom is -0.497 e. The van der Waals surface area contributed by atoms with E-state index < -0.39 is 0 Å². The first-order valence-electron chi connectivity index (χ1n) is 9.59. The number of methoxy groups -OCH3 is 1. The summed E-state index contributed by atoms with van der Waals surface area (Å²) in [6.45, 7) is 6.51. The molecular weight excluding hydrogens is 336 g/mol. The fourth-order valence-electron chi connectivity index (χ4n) is 4.76. The van der Waals surface area contributed by atoms with E-state index >= 15 is 0 Å². The second-order valence-corrected chi connectivity index (χ2v) is 7.47. The van der Waals surface area contributed by atoms with Gasteiger partial charge in [0.25, 0.3) is 0 Å². The van der Waals surface area contributed by atoms with Gasteiger partial charge in [-0.05, 0) is 61.1 Å². The van der Waals surface area contributed by atoms with Crippen molar-refractivity contribution in [2.75, 3.05) is 26.8 Å². The number of piperidine rings is 3. The molecule has 0 amide bonds. The Balaban J connectivity index is 1.74. The molecule has 3 fully saturated rings. The maximum absolute atomic E-state index is 6.25. The van der Waals surface area contributed by atoms with Crippen LogP contribution in [-0.4, -0.2) is 42.7 Å². The number of hydrogen-bond acceptors (Lipinski definition) is 4. The number of ether oxygens (including phenoxy) is 2. The zero-order valence-corrected chi connectivity index (χ0v) is 15.8. The third-order valence-electron chi connectivity index (χ3n) is 6.14. The van der Waals surface area contributed by atoms with Gasteiger partial charge in [-0.2, -0.15) is 0 Å². The summed E-state index contributed by atoms with van der Waals surface area (Å²) < 4.78 is 11.7. The highest BCUT2D eigenvalue weighted by Gasteiger charge is 2.43. The molecule has 4 heteroatoms. The minimum atomic E-state index is -0.0766. The van der Waals surface area contributed by atoms with E-state index in [1.165, 1.54) is 6.42 Å². The molecule has 4 heterocycles. The second kappa shape index (κ2) is 7.72. The molecular formula is C23H26N2O2. The zero-order chi connectivity index (χ0) is 18.8. The Morgan fingerprint density at radius 3 is 3.04 bits per heavy atom. The smallest absolute Gasteiger partial charge is 0.119 e. The molecule has 1 unspecified atom stereocenters. The van der Waals surface area contributed by atoms with Crippen molar-refractivity contribution in [3.8, 4) is 18.1 Å². The molecule has 2 bridgehead atoms. The summed E-state index contributed by atoms with van der Waals surface area (Å²) in [6.07, 6.45) is 11.8. The van der Waals surface area contributed by atoms with E-state index in [4.69, 9.17) is 15.9 Å². The average molecular weight is 362 g/mol. The van der Waals surface area contributed by atoms with Gasteiger partial charge in [0.05, 0.1) is 18.7 Å². The van der Waals surface area contributed by atoms with Crippen molar-refractivity contribution < 1.29 is 9.47 Å². The minimum absolute atomic E-state index is 0.0766. The van der Waals surface area contributed by atoms with Crippen LogP contribution >= 0.6 is 0 Å². The predicted octanol–water partition coefficient (Wildman–Crippen LogP) is 3.83. The summed E-state index contributed by atoms with van der Waals surface area (Å²) in [4.78, 5) is 7.08. The normalized spacial score (nSPS) is 27.9. The summed E-state index contributed by atoms with van der Waals surface area (Å²) in [7, 11) is 1.69. The van der Waals surface area contributed by atoms with Crippen LogP contribution in [0.1, 0.15) is 24.5 Å². The number of nitrogens with zero attached hydrogens (tertiary/aromatic N) is 2. The fraction of sp³-hybridized carbons (Fsp3) is 0.435. The van der Waals surface area contributed by atoms with Gasteiger partial charge >= 0.3 is 0 Å². The molecule has 5 rings (SSSR count). The van der Waals surface area contributed by atoms with Crippen molar-refractivity contribution in [2.45, 2.75) is 25.0 Å². The molecule has 3 aliphatic rings. The van der Waals surface area contributed by atoms with Crippen molar-refractivity contribution in [3.05, 3.63) is 48.7 Å². The summed E-state index contributed by atoms with van der Waals surface area (Å²) >= 11 is 0. The maximum atomic E-state index is 6.25. The van der Waals surface area contributed by atoms with Crippen LogP contribution in [0.3, 0.4) is 0 Å². The lowest BCUT2D eigenvalue weighted by Gasteiger charge is -2.51. The van der Waals surface area contributed by atoms with Gasteiger partial charge in [-0.15, -0.1) is 13.0 Å². The molecule has 3 saturated heterocycles. The predicted molar refractivity (Wildman–Crippen MR) is 108 cm³/mol. The Morgan fingerprint density at radius 2 is 2.33 bits per heavy atom. The summed E-state index contributed by atoms with van der Waals surface area (Å²) in [5.41, 5.74) is 2.09. The Hall–Kier alpha value is -2.35. The Kier molecular flexibility index (Phi) is 5.15. The molecule has 3 aliphatic heterocycles. The second-order valence-electron chi connectivity index (χ2n) is 7.47. The van der Waals surface area contributed by atoms with E-state index in [0.717, 1.165) is 41.7 Å². The van der Waals surface area contributed by atoms with Crippen LogP contribution < -0.4 is 4.74 Å². The monoisotopic (exact) mass is 362 g/mol. The topological polar surface area (TPSA) is 34.6 Å². The SMILES string of the molecule is C#CCO[C@@H](c1ccnc2ccc(OC)cc12)[C@H]1C[C@@H]2CCN1C[C@@H]2C=C. The zero-order valence-electron chi connectivity index (χ0n) is 15.8. The van der Waals surface area contributed by atoms with E-state index in [2.05, 4.69) is 34.5 Å². The summed E-state index contributed by atoms with van der Waals surface area (Å²) in [5, 5.41) is 1.07. The lowest BCUT2D eigenvalue weighted by Crippen LogP contribution is -2.55. The van der Waals surface area contributed by atoms with E-state index in [1.807, 2.05) is 24.4 Å². The maximum Gasteiger partial charge on any atom is 0.119 e. The van der Waals surface area contributed by atoms with Crippen molar-refractivity contribution in [1.82, 2.24) is 9.88 Å². The molecule has 0 spiro atoms. The molecule has 140 valence electrons. The van der Waals surface area contributed by atoms with Crippen molar-refractivity contribution in [3.63, 3.8) is 0 Å². The number of aromatic nitrogens is 1. The van der Waals surface area contributed by atoms with Gasteiger partial charge < -0.3 is 9.47 Å². The third kappa shape index (κ3) is 3.34. The van der Waals surface area contributed by atoms with Crippen LogP contribution in [-0.2, 0) is 4.74 Å². The van der Waals surface area contributed by atoms with Crippen LogP contribution in [0.5, 0.6) is 5.75 Å². The number of pyridine rings is 1. The molecule has 1 aromatic carbocycles. The first kappa shape index (κ1) is 18.0. The number of terminal acetylenes is 1.